The molecule has 0 spiro atoms. The predicted molar refractivity (Wildman–Crippen MR) is 79.6 cm³/mol. The van der Waals surface area contributed by atoms with Crippen molar-refractivity contribution in [1.29, 1.82) is 0 Å². The molecule has 20 heavy (non-hydrogen) atoms. The van der Waals surface area contributed by atoms with Crippen molar-refractivity contribution < 1.29 is 9.53 Å². The standard InChI is InChI=1S/C18H16O2/c1-3-20-18(19)17-12-10-16(11-13-17)9-8-15-6-4-14(2)5-7-15/h4-7,10-13H,3H2,1-2H3. The van der Waals surface area contributed by atoms with Gasteiger partial charge in [0.2, 0.25) is 0 Å². The van der Waals surface area contributed by atoms with Gasteiger partial charge in [0.15, 0.2) is 0 Å². The summed E-state index contributed by atoms with van der Waals surface area (Å²) >= 11 is 0. The Balaban J connectivity index is 2.11. The molecular formula is C18H16O2. The largest absolute Gasteiger partial charge is 0.462 e. The molecule has 2 heteroatoms. The van der Waals surface area contributed by atoms with Crippen LogP contribution in [0.4, 0.5) is 0 Å². The number of esters is 1. The summed E-state index contributed by atoms with van der Waals surface area (Å²) in [5.74, 6) is 5.87. The van der Waals surface area contributed by atoms with Gasteiger partial charge in [0.25, 0.3) is 0 Å². The van der Waals surface area contributed by atoms with E-state index in [9.17, 15) is 4.79 Å². The summed E-state index contributed by atoms with van der Waals surface area (Å²) in [4.78, 5) is 11.5. The fourth-order valence-electron chi connectivity index (χ4n) is 1.69. The third-order valence-corrected chi connectivity index (χ3v) is 2.80. The predicted octanol–water partition coefficient (Wildman–Crippen LogP) is 3.57. The van der Waals surface area contributed by atoms with Gasteiger partial charge in [-0.3, -0.25) is 0 Å². The first-order valence-corrected chi connectivity index (χ1v) is 6.55. The third kappa shape index (κ3) is 3.73. The average molecular weight is 264 g/mol. The van der Waals surface area contributed by atoms with Crippen LogP contribution in [0.25, 0.3) is 0 Å². The fourth-order valence-corrected chi connectivity index (χ4v) is 1.69. The zero-order chi connectivity index (χ0) is 14.4. The van der Waals surface area contributed by atoms with E-state index in [1.54, 1.807) is 19.1 Å². The highest BCUT2D eigenvalue weighted by Gasteiger charge is 2.04. The molecule has 0 aromatic heterocycles. The Kier molecular flexibility index (Phi) is 4.57. The Bertz CT molecular complexity index is 641. The van der Waals surface area contributed by atoms with Crippen molar-refractivity contribution in [3.8, 4) is 11.8 Å². The third-order valence-electron chi connectivity index (χ3n) is 2.80. The second-order valence-corrected chi connectivity index (χ2v) is 4.41. The van der Waals surface area contributed by atoms with Gasteiger partial charge in [-0.2, -0.15) is 0 Å². The van der Waals surface area contributed by atoms with Crippen molar-refractivity contribution in [1.82, 2.24) is 0 Å². The first-order valence-electron chi connectivity index (χ1n) is 6.55. The molecule has 2 aromatic carbocycles. The molecule has 0 atom stereocenters. The van der Waals surface area contributed by atoms with Crippen LogP contribution in [0.1, 0.15) is 34.0 Å². The summed E-state index contributed by atoms with van der Waals surface area (Å²) in [6.07, 6.45) is 0. The van der Waals surface area contributed by atoms with Gasteiger partial charge in [0, 0.05) is 11.1 Å². The monoisotopic (exact) mass is 264 g/mol. The maximum Gasteiger partial charge on any atom is 0.338 e. The molecule has 0 heterocycles. The van der Waals surface area contributed by atoms with Crippen molar-refractivity contribution >= 4 is 5.97 Å². The summed E-state index contributed by atoms with van der Waals surface area (Å²) in [5.41, 5.74) is 3.62. The summed E-state index contributed by atoms with van der Waals surface area (Å²) in [6, 6.07) is 15.2. The summed E-state index contributed by atoms with van der Waals surface area (Å²) < 4.78 is 4.93. The van der Waals surface area contributed by atoms with E-state index in [0.29, 0.717) is 12.2 Å². The van der Waals surface area contributed by atoms with Gasteiger partial charge in [-0.05, 0) is 50.2 Å². The highest BCUT2D eigenvalue weighted by Crippen LogP contribution is 2.06. The Morgan fingerprint density at radius 3 is 1.95 bits per heavy atom. The summed E-state index contributed by atoms with van der Waals surface area (Å²) in [5, 5.41) is 0. The van der Waals surface area contributed by atoms with Gasteiger partial charge in [-0.25, -0.2) is 4.79 Å². The molecule has 0 aliphatic heterocycles. The molecule has 0 fully saturated rings. The molecule has 0 aliphatic rings. The molecule has 0 aliphatic carbocycles. The van der Waals surface area contributed by atoms with Gasteiger partial charge in [-0.15, -0.1) is 0 Å². The molecule has 0 unspecified atom stereocenters. The second kappa shape index (κ2) is 6.58. The summed E-state index contributed by atoms with van der Waals surface area (Å²) in [6.45, 7) is 4.22. The van der Waals surface area contributed by atoms with Crippen LogP contribution >= 0.6 is 0 Å². The number of hydrogen-bond donors (Lipinski definition) is 0. The number of ether oxygens (including phenoxy) is 1. The molecule has 0 amide bonds. The maximum absolute atomic E-state index is 11.5. The average Bonchev–Trinajstić information content (AvgIpc) is 2.47. The number of carbonyl (C=O) groups excluding carboxylic acids is 1. The van der Waals surface area contributed by atoms with Crippen LogP contribution in [-0.4, -0.2) is 12.6 Å². The lowest BCUT2D eigenvalue weighted by atomic mass is 10.1. The summed E-state index contributed by atoms with van der Waals surface area (Å²) in [7, 11) is 0. The van der Waals surface area contributed by atoms with E-state index < -0.39 is 0 Å². The lowest BCUT2D eigenvalue weighted by Crippen LogP contribution is -2.04. The minimum absolute atomic E-state index is 0.300. The van der Waals surface area contributed by atoms with E-state index in [1.807, 2.05) is 43.3 Å². The van der Waals surface area contributed by atoms with Gasteiger partial charge in [-0.1, -0.05) is 29.5 Å². The minimum Gasteiger partial charge on any atom is -0.462 e. The number of carbonyl (C=O) groups is 1. The Morgan fingerprint density at radius 1 is 0.950 bits per heavy atom. The lowest BCUT2D eigenvalue weighted by molar-refractivity contribution is 0.0526. The first kappa shape index (κ1) is 13.9. The molecule has 100 valence electrons. The van der Waals surface area contributed by atoms with E-state index in [1.165, 1.54) is 5.56 Å². The van der Waals surface area contributed by atoms with E-state index in [4.69, 9.17) is 4.74 Å². The van der Waals surface area contributed by atoms with E-state index in [0.717, 1.165) is 11.1 Å². The fraction of sp³-hybridized carbons (Fsp3) is 0.167. The van der Waals surface area contributed by atoms with Crippen molar-refractivity contribution in [3.05, 3.63) is 70.8 Å². The van der Waals surface area contributed by atoms with Crippen LogP contribution in [0.3, 0.4) is 0 Å². The molecule has 0 saturated heterocycles. The van der Waals surface area contributed by atoms with Gasteiger partial charge < -0.3 is 4.74 Å². The molecule has 2 nitrogen and oxygen atoms in total. The zero-order valence-corrected chi connectivity index (χ0v) is 11.6. The van der Waals surface area contributed by atoms with Gasteiger partial charge >= 0.3 is 5.97 Å². The lowest BCUT2D eigenvalue weighted by Gasteiger charge is -2.00. The molecule has 0 bridgehead atoms. The van der Waals surface area contributed by atoms with Gasteiger partial charge in [0.1, 0.15) is 0 Å². The van der Waals surface area contributed by atoms with Crippen LogP contribution in [0.15, 0.2) is 48.5 Å². The topological polar surface area (TPSA) is 26.3 Å². The number of hydrogen-bond acceptors (Lipinski definition) is 2. The number of aryl methyl sites for hydroxylation is 1. The SMILES string of the molecule is CCOC(=O)c1ccc(C#Cc2ccc(C)cc2)cc1. The van der Waals surface area contributed by atoms with Crippen molar-refractivity contribution in [3.63, 3.8) is 0 Å². The Labute approximate surface area is 119 Å². The Hall–Kier alpha value is -2.53. The Morgan fingerprint density at radius 2 is 1.45 bits per heavy atom. The number of benzene rings is 2. The van der Waals surface area contributed by atoms with Gasteiger partial charge in [0.05, 0.1) is 12.2 Å². The molecule has 2 rings (SSSR count). The van der Waals surface area contributed by atoms with Crippen molar-refractivity contribution in [2.24, 2.45) is 0 Å². The second-order valence-electron chi connectivity index (χ2n) is 4.41. The minimum atomic E-state index is -0.300. The van der Waals surface area contributed by atoms with Crippen molar-refractivity contribution in [2.75, 3.05) is 6.61 Å². The maximum atomic E-state index is 11.5. The molecular weight excluding hydrogens is 248 g/mol. The highest BCUT2D eigenvalue weighted by molar-refractivity contribution is 5.89. The van der Waals surface area contributed by atoms with Crippen LogP contribution in [0.2, 0.25) is 0 Å². The van der Waals surface area contributed by atoms with E-state index in [2.05, 4.69) is 11.8 Å². The van der Waals surface area contributed by atoms with Crippen LogP contribution in [0.5, 0.6) is 0 Å². The quantitative estimate of drug-likeness (QED) is 0.612. The van der Waals surface area contributed by atoms with E-state index >= 15 is 0 Å². The highest BCUT2D eigenvalue weighted by atomic mass is 16.5. The normalized spacial score (nSPS) is 9.50. The molecule has 0 N–H and O–H groups in total. The van der Waals surface area contributed by atoms with Crippen LogP contribution in [-0.2, 0) is 4.74 Å². The first-order chi connectivity index (χ1) is 9.69. The van der Waals surface area contributed by atoms with Crippen LogP contribution < -0.4 is 0 Å². The molecule has 0 radical (unpaired) electrons. The number of rotatable bonds is 2. The molecule has 0 saturated carbocycles. The molecule has 2 aromatic rings. The van der Waals surface area contributed by atoms with Crippen molar-refractivity contribution in [2.45, 2.75) is 13.8 Å². The zero-order valence-electron chi connectivity index (χ0n) is 11.6. The smallest absolute Gasteiger partial charge is 0.338 e. The van der Waals surface area contributed by atoms with Crippen LogP contribution in [0, 0.1) is 18.8 Å². The van der Waals surface area contributed by atoms with E-state index in [-0.39, 0.29) is 5.97 Å².